The van der Waals surface area contributed by atoms with Gasteiger partial charge in [-0.3, -0.25) is 9.36 Å². The van der Waals surface area contributed by atoms with Crippen molar-refractivity contribution < 1.29 is 0 Å². The lowest BCUT2D eigenvalue weighted by Crippen LogP contribution is -2.17. The lowest BCUT2D eigenvalue weighted by atomic mass is 10.3. The van der Waals surface area contributed by atoms with Gasteiger partial charge in [-0.05, 0) is 31.2 Å². The van der Waals surface area contributed by atoms with Gasteiger partial charge >= 0.3 is 5.56 Å². The highest BCUT2D eigenvalue weighted by Gasteiger charge is 2.19. The number of nitrogens with zero attached hydrogens (tertiary/aromatic N) is 7. The van der Waals surface area contributed by atoms with Gasteiger partial charge in [-0.1, -0.05) is 41.6 Å². The fourth-order valence-corrected chi connectivity index (χ4v) is 3.04. The van der Waals surface area contributed by atoms with Crippen LogP contribution in [0.2, 0.25) is 0 Å². The average molecular weight is 343 g/mol. The van der Waals surface area contributed by atoms with Crippen LogP contribution in [0.5, 0.6) is 0 Å². The molecule has 0 spiro atoms. The number of hydrogen-bond donors (Lipinski definition) is 0. The summed E-state index contributed by atoms with van der Waals surface area (Å²) in [6.45, 7) is 1.84. The Labute approximate surface area is 147 Å². The smallest absolute Gasteiger partial charge is 0.265 e. The molecule has 0 bridgehead atoms. The summed E-state index contributed by atoms with van der Waals surface area (Å²) >= 11 is 0. The average Bonchev–Trinajstić information content (AvgIpc) is 3.25. The van der Waals surface area contributed by atoms with Crippen LogP contribution in [-0.2, 0) is 0 Å². The normalized spacial score (nSPS) is 11.4. The fourth-order valence-electron chi connectivity index (χ4n) is 3.04. The highest BCUT2D eigenvalue weighted by Crippen LogP contribution is 2.17. The minimum absolute atomic E-state index is 0.184. The highest BCUT2D eigenvalue weighted by molar-refractivity contribution is 5.73. The second-order valence-electron chi connectivity index (χ2n) is 5.86. The molecule has 0 atom stereocenters. The number of para-hydroxylation sites is 2. The van der Waals surface area contributed by atoms with Crippen molar-refractivity contribution in [2.24, 2.45) is 0 Å². The van der Waals surface area contributed by atoms with E-state index in [0.29, 0.717) is 17.2 Å². The monoisotopic (exact) mass is 343 g/mol. The van der Waals surface area contributed by atoms with E-state index in [1.54, 1.807) is 4.68 Å². The minimum Gasteiger partial charge on any atom is -0.265 e. The van der Waals surface area contributed by atoms with Gasteiger partial charge < -0.3 is 0 Å². The molecular formula is C18H13N7O. The molecule has 0 aliphatic carbocycles. The molecule has 2 aromatic carbocycles. The van der Waals surface area contributed by atoms with Gasteiger partial charge in [0.2, 0.25) is 5.78 Å². The van der Waals surface area contributed by atoms with Gasteiger partial charge in [0.15, 0.2) is 11.2 Å². The van der Waals surface area contributed by atoms with Crippen LogP contribution in [0.25, 0.3) is 28.3 Å². The number of aryl methyl sites for hydroxylation is 1. The topological polar surface area (TPSA) is 82.9 Å². The summed E-state index contributed by atoms with van der Waals surface area (Å²) in [5, 5.41) is 12.5. The molecule has 26 heavy (non-hydrogen) atoms. The predicted octanol–water partition coefficient (Wildman–Crippen LogP) is 1.92. The molecule has 0 radical (unpaired) electrons. The summed E-state index contributed by atoms with van der Waals surface area (Å²) in [5.41, 5.74) is 1.91. The van der Waals surface area contributed by atoms with Gasteiger partial charge in [-0.2, -0.15) is 14.2 Å². The first kappa shape index (κ1) is 14.5. The second-order valence-corrected chi connectivity index (χ2v) is 5.86. The molecule has 0 saturated carbocycles. The van der Waals surface area contributed by atoms with Crippen LogP contribution < -0.4 is 5.56 Å². The molecule has 0 amide bonds. The Balaban J connectivity index is 1.89. The standard InChI is InChI=1S/C18H13N7O/c1-12-21-25-17(26)15-16(24(22-20-15)14-10-6-3-7-11-14)19-18(25)23(12)13-8-4-2-5-9-13/h2-11H,1H3. The maximum Gasteiger partial charge on any atom is 0.305 e. The third-order valence-electron chi connectivity index (χ3n) is 4.22. The summed E-state index contributed by atoms with van der Waals surface area (Å²) in [6.07, 6.45) is 0. The van der Waals surface area contributed by atoms with E-state index in [9.17, 15) is 4.79 Å². The maximum absolute atomic E-state index is 12.9. The molecule has 8 heteroatoms. The Hall–Kier alpha value is -3.81. The number of hydrogen-bond acceptors (Lipinski definition) is 5. The first-order valence-electron chi connectivity index (χ1n) is 8.09. The summed E-state index contributed by atoms with van der Waals surface area (Å²) in [7, 11) is 0. The molecule has 3 aromatic heterocycles. The van der Waals surface area contributed by atoms with Crippen molar-refractivity contribution in [3.05, 3.63) is 76.8 Å². The molecule has 126 valence electrons. The van der Waals surface area contributed by atoms with Crippen LogP contribution >= 0.6 is 0 Å². The van der Waals surface area contributed by atoms with Crippen molar-refractivity contribution in [2.45, 2.75) is 6.92 Å². The maximum atomic E-state index is 12.9. The minimum atomic E-state index is -0.343. The van der Waals surface area contributed by atoms with E-state index >= 15 is 0 Å². The van der Waals surface area contributed by atoms with Crippen LogP contribution in [0, 0.1) is 6.92 Å². The van der Waals surface area contributed by atoms with Crippen molar-refractivity contribution >= 4 is 16.9 Å². The number of rotatable bonds is 2. The van der Waals surface area contributed by atoms with Gasteiger partial charge in [0, 0.05) is 0 Å². The van der Waals surface area contributed by atoms with E-state index in [-0.39, 0.29) is 11.1 Å². The van der Waals surface area contributed by atoms with E-state index < -0.39 is 0 Å². The lowest BCUT2D eigenvalue weighted by Gasteiger charge is -2.05. The third-order valence-corrected chi connectivity index (χ3v) is 4.22. The first-order chi connectivity index (χ1) is 12.7. The number of fused-ring (bicyclic) bond motifs is 2. The van der Waals surface area contributed by atoms with E-state index in [1.165, 1.54) is 4.52 Å². The zero-order valence-corrected chi connectivity index (χ0v) is 13.8. The molecule has 0 aliphatic heterocycles. The number of benzene rings is 2. The molecular weight excluding hydrogens is 330 g/mol. The SMILES string of the molecule is Cc1nn2c(=O)c3nnn(-c4ccccc4)c3nc2n1-c1ccccc1. The van der Waals surface area contributed by atoms with E-state index in [4.69, 9.17) is 0 Å². The Morgan fingerprint density at radius 3 is 2.23 bits per heavy atom. The van der Waals surface area contributed by atoms with Crippen LogP contribution in [0.15, 0.2) is 65.5 Å². The van der Waals surface area contributed by atoms with E-state index in [2.05, 4.69) is 20.4 Å². The van der Waals surface area contributed by atoms with Crippen molar-refractivity contribution in [1.82, 2.24) is 34.2 Å². The summed E-state index contributed by atoms with van der Waals surface area (Å²) < 4.78 is 4.67. The molecule has 0 N–H and O–H groups in total. The van der Waals surface area contributed by atoms with Crippen molar-refractivity contribution in [3.8, 4) is 11.4 Å². The highest BCUT2D eigenvalue weighted by atomic mass is 16.1. The molecule has 0 fully saturated rings. The molecule has 0 unspecified atom stereocenters. The lowest BCUT2D eigenvalue weighted by molar-refractivity contribution is 0.817. The Morgan fingerprint density at radius 2 is 1.54 bits per heavy atom. The quantitative estimate of drug-likeness (QED) is 0.489. The van der Waals surface area contributed by atoms with Crippen LogP contribution in [0.4, 0.5) is 0 Å². The zero-order valence-electron chi connectivity index (χ0n) is 13.8. The van der Waals surface area contributed by atoms with Gasteiger partial charge in [-0.15, -0.1) is 10.2 Å². The van der Waals surface area contributed by atoms with Gasteiger partial charge in [0.05, 0.1) is 11.4 Å². The first-order valence-corrected chi connectivity index (χ1v) is 8.09. The summed E-state index contributed by atoms with van der Waals surface area (Å²) in [4.78, 5) is 17.5. The van der Waals surface area contributed by atoms with Crippen molar-refractivity contribution in [3.63, 3.8) is 0 Å². The van der Waals surface area contributed by atoms with Gasteiger partial charge in [-0.25, -0.2) is 0 Å². The summed E-state index contributed by atoms with van der Waals surface area (Å²) in [6, 6.07) is 19.2. The second kappa shape index (κ2) is 5.35. The van der Waals surface area contributed by atoms with E-state index in [1.807, 2.05) is 72.2 Å². The number of aromatic nitrogens is 7. The van der Waals surface area contributed by atoms with Crippen molar-refractivity contribution in [2.75, 3.05) is 0 Å². The third kappa shape index (κ3) is 1.99. The molecule has 5 rings (SSSR count). The van der Waals surface area contributed by atoms with Crippen LogP contribution in [0.3, 0.4) is 0 Å². The predicted molar refractivity (Wildman–Crippen MR) is 95.7 cm³/mol. The van der Waals surface area contributed by atoms with E-state index in [0.717, 1.165) is 11.4 Å². The Bertz CT molecular complexity index is 1300. The largest absolute Gasteiger partial charge is 0.305 e. The molecule has 3 heterocycles. The molecule has 0 saturated heterocycles. The Morgan fingerprint density at radius 1 is 0.885 bits per heavy atom. The fraction of sp³-hybridized carbons (Fsp3) is 0.0556. The van der Waals surface area contributed by atoms with Crippen LogP contribution in [-0.4, -0.2) is 34.2 Å². The Kier molecular flexibility index (Phi) is 2.99. The zero-order chi connectivity index (χ0) is 17.7. The van der Waals surface area contributed by atoms with Gasteiger partial charge in [0.25, 0.3) is 0 Å². The van der Waals surface area contributed by atoms with Crippen LogP contribution in [0.1, 0.15) is 5.82 Å². The molecule has 0 aliphatic rings. The summed E-state index contributed by atoms with van der Waals surface area (Å²) in [5.74, 6) is 1.08. The van der Waals surface area contributed by atoms with Crippen molar-refractivity contribution in [1.29, 1.82) is 0 Å². The molecule has 8 nitrogen and oxygen atoms in total. The molecule has 5 aromatic rings. The van der Waals surface area contributed by atoms with Gasteiger partial charge in [0.1, 0.15) is 5.82 Å².